The molecule has 0 N–H and O–H groups in total. The summed E-state index contributed by atoms with van der Waals surface area (Å²) in [7, 11) is 0. The molecule has 3 rings (SSSR count). The first-order chi connectivity index (χ1) is 11.6. The van der Waals surface area contributed by atoms with E-state index in [0.29, 0.717) is 11.4 Å². The Bertz CT molecular complexity index is 849. The molecule has 0 saturated heterocycles. The first-order valence-electron chi connectivity index (χ1n) is 7.77. The summed E-state index contributed by atoms with van der Waals surface area (Å²) in [5.74, 6) is 0.575. The first kappa shape index (κ1) is 15.8. The molecule has 0 unspecified atom stereocenters. The van der Waals surface area contributed by atoms with Gasteiger partial charge in [0.25, 0.3) is 0 Å². The van der Waals surface area contributed by atoms with Crippen LogP contribution in [0.15, 0.2) is 61.2 Å². The second kappa shape index (κ2) is 7.00. The Labute approximate surface area is 140 Å². The maximum Gasteiger partial charge on any atom is 0.189 e. The summed E-state index contributed by atoms with van der Waals surface area (Å²) in [5.41, 5.74) is 2.31. The van der Waals surface area contributed by atoms with E-state index in [1.165, 1.54) is 6.08 Å². The Kier molecular flexibility index (Phi) is 4.61. The van der Waals surface area contributed by atoms with Crippen LogP contribution in [0.1, 0.15) is 35.8 Å². The Morgan fingerprint density at radius 2 is 1.79 bits per heavy atom. The summed E-state index contributed by atoms with van der Waals surface area (Å²) < 4.78 is 1.76. The molecule has 0 atom stereocenters. The predicted octanol–water partition coefficient (Wildman–Crippen LogP) is 3.82. The van der Waals surface area contributed by atoms with Crippen molar-refractivity contribution < 1.29 is 4.79 Å². The number of nitrogens with zero attached hydrogens (tertiary/aromatic N) is 4. The van der Waals surface area contributed by atoms with Gasteiger partial charge in [0, 0.05) is 35.8 Å². The number of carbonyl (C=O) groups is 1. The quantitative estimate of drug-likeness (QED) is 0.530. The van der Waals surface area contributed by atoms with Crippen LogP contribution < -0.4 is 0 Å². The summed E-state index contributed by atoms with van der Waals surface area (Å²) in [6.07, 6.45) is 9.98. The van der Waals surface area contributed by atoms with Crippen molar-refractivity contribution in [3.05, 3.63) is 72.3 Å². The van der Waals surface area contributed by atoms with E-state index in [-0.39, 0.29) is 11.8 Å². The molecule has 2 heterocycles. The average Bonchev–Trinajstić information content (AvgIpc) is 3.11. The van der Waals surface area contributed by atoms with Crippen LogP contribution in [0.25, 0.3) is 17.5 Å². The van der Waals surface area contributed by atoms with Crippen molar-refractivity contribution in [3.63, 3.8) is 0 Å². The number of carbonyl (C=O) groups excluding carboxylic acids is 1. The number of rotatable bonds is 5. The van der Waals surface area contributed by atoms with Gasteiger partial charge in [0.05, 0.1) is 11.8 Å². The van der Waals surface area contributed by atoms with Crippen LogP contribution >= 0.6 is 0 Å². The summed E-state index contributed by atoms with van der Waals surface area (Å²) in [5, 5.41) is 4.17. The van der Waals surface area contributed by atoms with Gasteiger partial charge in [-0.15, -0.1) is 0 Å². The molecule has 1 aromatic carbocycles. The van der Waals surface area contributed by atoms with Crippen molar-refractivity contribution in [2.24, 2.45) is 0 Å². The lowest BCUT2D eigenvalue weighted by molar-refractivity contribution is 0.104. The highest BCUT2D eigenvalue weighted by Gasteiger charge is 2.07. The van der Waals surface area contributed by atoms with Crippen molar-refractivity contribution in [2.45, 2.75) is 19.9 Å². The van der Waals surface area contributed by atoms with Crippen molar-refractivity contribution in [1.29, 1.82) is 0 Å². The number of allylic oxidation sites excluding steroid dienone is 1. The van der Waals surface area contributed by atoms with E-state index in [1.54, 1.807) is 35.5 Å². The highest BCUT2D eigenvalue weighted by Crippen LogP contribution is 2.14. The van der Waals surface area contributed by atoms with E-state index in [2.05, 4.69) is 15.1 Å². The normalized spacial score (nSPS) is 11.3. The van der Waals surface area contributed by atoms with Crippen molar-refractivity contribution in [3.8, 4) is 11.4 Å². The fraction of sp³-hybridized carbons (Fsp3) is 0.158. The molecule has 24 heavy (non-hydrogen) atoms. The molecule has 0 radical (unpaired) electrons. The lowest BCUT2D eigenvalue weighted by Crippen LogP contribution is -2.00. The number of benzene rings is 1. The van der Waals surface area contributed by atoms with Gasteiger partial charge in [-0.05, 0) is 26.0 Å². The topological polar surface area (TPSA) is 60.7 Å². The van der Waals surface area contributed by atoms with Crippen molar-refractivity contribution in [1.82, 2.24) is 19.7 Å². The zero-order chi connectivity index (χ0) is 16.9. The molecule has 0 aliphatic rings. The maximum absolute atomic E-state index is 12.2. The predicted molar refractivity (Wildman–Crippen MR) is 93.4 cm³/mol. The zero-order valence-electron chi connectivity index (χ0n) is 13.6. The average molecular weight is 318 g/mol. The zero-order valence-corrected chi connectivity index (χ0v) is 13.6. The summed E-state index contributed by atoms with van der Waals surface area (Å²) in [6, 6.07) is 10.00. The van der Waals surface area contributed by atoms with Crippen LogP contribution in [-0.4, -0.2) is 25.5 Å². The van der Waals surface area contributed by atoms with Gasteiger partial charge in [-0.25, -0.2) is 9.97 Å². The molecule has 2 aromatic heterocycles. The third kappa shape index (κ3) is 3.63. The van der Waals surface area contributed by atoms with Gasteiger partial charge in [-0.3, -0.25) is 9.48 Å². The summed E-state index contributed by atoms with van der Waals surface area (Å²) >= 11 is 0. The lowest BCUT2D eigenvalue weighted by Gasteiger charge is -2.02. The molecular formula is C19H18N4O. The molecule has 0 aliphatic carbocycles. The molecule has 0 aliphatic heterocycles. The van der Waals surface area contributed by atoms with Crippen molar-refractivity contribution >= 4 is 11.9 Å². The lowest BCUT2D eigenvalue weighted by atomic mass is 10.2. The Balaban J connectivity index is 1.71. The van der Waals surface area contributed by atoms with Gasteiger partial charge >= 0.3 is 0 Å². The molecule has 0 spiro atoms. The standard InChI is InChI=1S/C19H18N4O/c1-14(2)23-13-17(12-22-23)18(24)9-8-15-10-20-19(21-11-15)16-6-4-3-5-7-16/h3-14H,1-2H3. The fourth-order valence-corrected chi connectivity index (χ4v) is 2.18. The van der Waals surface area contributed by atoms with E-state index in [1.807, 2.05) is 44.2 Å². The van der Waals surface area contributed by atoms with E-state index in [9.17, 15) is 4.79 Å². The van der Waals surface area contributed by atoms with Crippen LogP contribution in [-0.2, 0) is 0 Å². The molecule has 5 heteroatoms. The third-order valence-electron chi connectivity index (χ3n) is 3.55. The number of aromatic nitrogens is 4. The van der Waals surface area contributed by atoms with Gasteiger partial charge in [0.2, 0.25) is 0 Å². The van der Waals surface area contributed by atoms with Gasteiger partial charge in [-0.2, -0.15) is 5.10 Å². The summed E-state index contributed by atoms with van der Waals surface area (Å²) in [6.45, 7) is 4.03. The molecular weight excluding hydrogens is 300 g/mol. The minimum atomic E-state index is -0.0889. The molecule has 3 aromatic rings. The highest BCUT2D eigenvalue weighted by atomic mass is 16.1. The number of ketones is 1. The monoisotopic (exact) mass is 318 g/mol. The maximum atomic E-state index is 12.2. The number of hydrogen-bond donors (Lipinski definition) is 0. The Hall–Kier alpha value is -3.08. The third-order valence-corrected chi connectivity index (χ3v) is 3.55. The number of hydrogen-bond acceptors (Lipinski definition) is 4. The molecule has 0 bridgehead atoms. The van der Waals surface area contributed by atoms with E-state index in [4.69, 9.17) is 0 Å². The van der Waals surface area contributed by atoms with E-state index in [0.717, 1.165) is 11.1 Å². The molecule has 0 fully saturated rings. The molecule has 120 valence electrons. The Morgan fingerprint density at radius 3 is 2.42 bits per heavy atom. The largest absolute Gasteiger partial charge is 0.289 e. The molecule has 0 saturated carbocycles. The minimum absolute atomic E-state index is 0.0889. The highest BCUT2D eigenvalue weighted by molar-refractivity contribution is 6.06. The minimum Gasteiger partial charge on any atom is -0.289 e. The van der Waals surface area contributed by atoms with Crippen LogP contribution in [0, 0.1) is 0 Å². The van der Waals surface area contributed by atoms with Crippen LogP contribution in [0.5, 0.6) is 0 Å². The van der Waals surface area contributed by atoms with E-state index < -0.39 is 0 Å². The van der Waals surface area contributed by atoms with Crippen molar-refractivity contribution in [2.75, 3.05) is 0 Å². The second-order valence-electron chi connectivity index (χ2n) is 5.71. The van der Waals surface area contributed by atoms with Crippen LogP contribution in [0.4, 0.5) is 0 Å². The summed E-state index contributed by atoms with van der Waals surface area (Å²) in [4.78, 5) is 20.8. The van der Waals surface area contributed by atoms with Crippen LogP contribution in [0.3, 0.4) is 0 Å². The fourth-order valence-electron chi connectivity index (χ4n) is 2.18. The van der Waals surface area contributed by atoms with E-state index >= 15 is 0 Å². The molecule has 5 nitrogen and oxygen atoms in total. The smallest absolute Gasteiger partial charge is 0.189 e. The van der Waals surface area contributed by atoms with Gasteiger partial charge < -0.3 is 0 Å². The van der Waals surface area contributed by atoms with Gasteiger partial charge in [-0.1, -0.05) is 30.3 Å². The second-order valence-corrected chi connectivity index (χ2v) is 5.71. The van der Waals surface area contributed by atoms with Crippen LogP contribution in [0.2, 0.25) is 0 Å². The van der Waals surface area contributed by atoms with Gasteiger partial charge in [0.1, 0.15) is 0 Å². The molecule has 0 amide bonds. The SMILES string of the molecule is CC(C)n1cc(C(=O)C=Cc2cnc(-c3ccccc3)nc2)cn1. The Morgan fingerprint density at radius 1 is 1.08 bits per heavy atom. The van der Waals surface area contributed by atoms with Gasteiger partial charge in [0.15, 0.2) is 11.6 Å². The first-order valence-corrected chi connectivity index (χ1v) is 7.77.